The summed E-state index contributed by atoms with van der Waals surface area (Å²) in [6.07, 6.45) is 0. The number of amides is 1. The summed E-state index contributed by atoms with van der Waals surface area (Å²) in [5.74, 6) is -0.0958. The number of rotatable bonds is 7. The Kier molecular flexibility index (Phi) is 6.17. The van der Waals surface area contributed by atoms with E-state index in [-0.39, 0.29) is 23.4 Å². The van der Waals surface area contributed by atoms with Crippen molar-refractivity contribution in [1.82, 2.24) is 9.62 Å². The van der Waals surface area contributed by atoms with Crippen LogP contribution in [0.5, 0.6) is 0 Å². The van der Waals surface area contributed by atoms with Gasteiger partial charge < -0.3 is 10.2 Å². The Morgan fingerprint density at radius 3 is 2.48 bits per heavy atom. The van der Waals surface area contributed by atoms with Crippen LogP contribution in [0.1, 0.15) is 20.8 Å². The van der Waals surface area contributed by atoms with Crippen molar-refractivity contribution >= 4 is 21.6 Å². The standard InChI is InChI=1S/C14H23N3O3S/c1-5-17(4)14(18)10-15-12-8-6-7-9-13(12)21(19,20)16-11(2)3/h6-9,11,15-16H,5,10H2,1-4H3. The van der Waals surface area contributed by atoms with Crippen LogP contribution in [0, 0.1) is 0 Å². The van der Waals surface area contributed by atoms with E-state index in [0.29, 0.717) is 12.2 Å². The molecule has 0 heterocycles. The number of benzene rings is 1. The maximum absolute atomic E-state index is 12.3. The van der Waals surface area contributed by atoms with Gasteiger partial charge in [0.2, 0.25) is 15.9 Å². The number of hydrogen-bond donors (Lipinski definition) is 2. The smallest absolute Gasteiger partial charge is 0.242 e. The minimum absolute atomic E-state index is 0.0541. The lowest BCUT2D eigenvalue weighted by atomic mass is 10.3. The molecule has 6 nitrogen and oxygen atoms in total. The molecule has 0 aliphatic heterocycles. The fraction of sp³-hybridized carbons (Fsp3) is 0.500. The normalized spacial score (nSPS) is 11.5. The van der Waals surface area contributed by atoms with Gasteiger partial charge in [-0.1, -0.05) is 12.1 Å². The van der Waals surface area contributed by atoms with E-state index in [1.807, 2.05) is 6.92 Å². The molecule has 2 N–H and O–H groups in total. The molecular formula is C14H23N3O3S. The molecule has 0 saturated heterocycles. The average molecular weight is 313 g/mol. The molecule has 0 bridgehead atoms. The highest BCUT2D eigenvalue weighted by Gasteiger charge is 2.19. The van der Waals surface area contributed by atoms with Gasteiger partial charge in [0.05, 0.1) is 12.2 Å². The molecule has 0 saturated carbocycles. The van der Waals surface area contributed by atoms with E-state index in [0.717, 1.165) is 0 Å². The predicted octanol–water partition coefficient (Wildman–Crippen LogP) is 1.26. The van der Waals surface area contributed by atoms with Crippen LogP contribution in [-0.4, -0.2) is 45.4 Å². The lowest BCUT2D eigenvalue weighted by Crippen LogP contribution is -2.33. The van der Waals surface area contributed by atoms with Crippen LogP contribution in [0.3, 0.4) is 0 Å². The first-order valence-corrected chi connectivity index (χ1v) is 8.35. The van der Waals surface area contributed by atoms with Gasteiger partial charge in [0.15, 0.2) is 0 Å². The summed E-state index contributed by atoms with van der Waals surface area (Å²) in [5.41, 5.74) is 0.420. The lowest BCUT2D eigenvalue weighted by Gasteiger charge is -2.17. The third-order valence-electron chi connectivity index (χ3n) is 2.90. The van der Waals surface area contributed by atoms with Crippen molar-refractivity contribution in [3.8, 4) is 0 Å². The highest BCUT2D eigenvalue weighted by molar-refractivity contribution is 7.89. The first kappa shape index (κ1) is 17.5. The summed E-state index contributed by atoms with van der Waals surface area (Å²) in [5, 5.41) is 2.90. The van der Waals surface area contributed by atoms with E-state index in [2.05, 4.69) is 10.0 Å². The molecule has 0 aliphatic carbocycles. The van der Waals surface area contributed by atoms with E-state index >= 15 is 0 Å². The SMILES string of the molecule is CCN(C)C(=O)CNc1ccccc1S(=O)(=O)NC(C)C. The van der Waals surface area contributed by atoms with Crippen molar-refractivity contribution in [2.24, 2.45) is 0 Å². The van der Waals surface area contributed by atoms with E-state index < -0.39 is 10.0 Å². The van der Waals surface area contributed by atoms with Crippen LogP contribution < -0.4 is 10.0 Å². The first-order valence-electron chi connectivity index (χ1n) is 6.87. The second-order valence-electron chi connectivity index (χ2n) is 5.03. The molecule has 1 amide bonds. The zero-order chi connectivity index (χ0) is 16.0. The van der Waals surface area contributed by atoms with Crippen molar-refractivity contribution in [3.05, 3.63) is 24.3 Å². The van der Waals surface area contributed by atoms with E-state index in [4.69, 9.17) is 0 Å². The van der Waals surface area contributed by atoms with Gasteiger partial charge in [-0.05, 0) is 32.9 Å². The maximum Gasteiger partial charge on any atom is 0.242 e. The number of para-hydroxylation sites is 1. The van der Waals surface area contributed by atoms with Crippen LogP contribution in [0.25, 0.3) is 0 Å². The second kappa shape index (κ2) is 7.42. The number of nitrogens with one attached hydrogen (secondary N) is 2. The van der Waals surface area contributed by atoms with Gasteiger partial charge in [0.25, 0.3) is 0 Å². The summed E-state index contributed by atoms with van der Waals surface area (Å²) < 4.78 is 27.0. The van der Waals surface area contributed by atoms with Crippen molar-refractivity contribution in [2.75, 3.05) is 25.5 Å². The molecule has 7 heteroatoms. The summed E-state index contributed by atoms with van der Waals surface area (Å²) >= 11 is 0. The highest BCUT2D eigenvalue weighted by Crippen LogP contribution is 2.20. The third-order valence-corrected chi connectivity index (χ3v) is 4.61. The molecule has 0 radical (unpaired) electrons. The van der Waals surface area contributed by atoms with Gasteiger partial charge in [-0.2, -0.15) is 0 Å². The van der Waals surface area contributed by atoms with Gasteiger partial charge in [-0.25, -0.2) is 13.1 Å². The topological polar surface area (TPSA) is 78.5 Å². The molecule has 1 rings (SSSR count). The van der Waals surface area contributed by atoms with Crippen LogP contribution in [0.2, 0.25) is 0 Å². The molecule has 21 heavy (non-hydrogen) atoms. The molecule has 1 aromatic carbocycles. The van der Waals surface area contributed by atoms with Gasteiger partial charge >= 0.3 is 0 Å². The Labute approximate surface area is 126 Å². The Hall–Kier alpha value is -1.60. The Morgan fingerprint density at radius 2 is 1.90 bits per heavy atom. The minimum Gasteiger partial charge on any atom is -0.375 e. The molecular weight excluding hydrogens is 290 g/mol. The maximum atomic E-state index is 12.3. The van der Waals surface area contributed by atoms with Gasteiger partial charge in [0, 0.05) is 19.6 Å². The average Bonchev–Trinajstić information content (AvgIpc) is 2.42. The summed E-state index contributed by atoms with van der Waals surface area (Å²) in [6, 6.07) is 6.34. The number of likely N-dealkylation sites (N-methyl/N-ethyl adjacent to an activating group) is 1. The molecule has 0 atom stereocenters. The number of sulfonamides is 1. The number of carbonyl (C=O) groups is 1. The molecule has 0 aliphatic rings. The Bertz CT molecular complexity index is 585. The first-order chi connectivity index (χ1) is 9.77. The number of nitrogens with zero attached hydrogens (tertiary/aromatic N) is 1. The fourth-order valence-electron chi connectivity index (χ4n) is 1.70. The molecule has 0 aromatic heterocycles. The van der Waals surface area contributed by atoms with Crippen LogP contribution in [-0.2, 0) is 14.8 Å². The number of anilines is 1. The quantitative estimate of drug-likeness (QED) is 0.794. The molecule has 0 fully saturated rings. The number of hydrogen-bond acceptors (Lipinski definition) is 4. The minimum atomic E-state index is -3.60. The summed E-state index contributed by atoms with van der Waals surface area (Å²) in [6.45, 7) is 6.05. The van der Waals surface area contributed by atoms with Crippen LogP contribution in [0.4, 0.5) is 5.69 Å². The highest BCUT2D eigenvalue weighted by atomic mass is 32.2. The van der Waals surface area contributed by atoms with E-state index in [1.54, 1.807) is 44.0 Å². The van der Waals surface area contributed by atoms with E-state index in [1.165, 1.54) is 6.07 Å². The van der Waals surface area contributed by atoms with E-state index in [9.17, 15) is 13.2 Å². The summed E-state index contributed by atoms with van der Waals surface area (Å²) in [7, 11) is -1.90. The summed E-state index contributed by atoms with van der Waals surface area (Å²) in [4.78, 5) is 13.5. The second-order valence-corrected chi connectivity index (χ2v) is 6.72. The predicted molar refractivity (Wildman–Crippen MR) is 83.7 cm³/mol. The zero-order valence-electron chi connectivity index (χ0n) is 12.9. The molecule has 0 spiro atoms. The molecule has 118 valence electrons. The molecule has 1 aromatic rings. The van der Waals surface area contributed by atoms with Crippen molar-refractivity contribution < 1.29 is 13.2 Å². The van der Waals surface area contributed by atoms with Crippen molar-refractivity contribution in [2.45, 2.75) is 31.7 Å². The molecule has 0 unspecified atom stereocenters. The zero-order valence-corrected chi connectivity index (χ0v) is 13.7. The third kappa shape index (κ3) is 5.02. The fourth-order valence-corrected chi connectivity index (χ4v) is 3.14. The lowest BCUT2D eigenvalue weighted by molar-refractivity contribution is -0.127. The monoisotopic (exact) mass is 313 g/mol. The van der Waals surface area contributed by atoms with Gasteiger partial charge in [0.1, 0.15) is 4.90 Å². The Balaban J connectivity index is 2.93. The van der Waals surface area contributed by atoms with Crippen molar-refractivity contribution in [3.63, 3.8) is 0 Å². The van der Waals surface area contributed by atoms with Gasteiger partial charge in [-0.15, -0.1) is 0 Å². The number of carbonyl (C=O) groups excluding carboxylic acids is 1. The van der Waals surface area contributed by atoms with Crippen LogP contribution >= 0.6 is 0 Å². The van der Waals surface area contributed by atoms with Gasteiger partial charge in [-0.3, -0.25) is 4.79 Å². The van der Waals surface area contributed by atoms with Crippen LogP contribution in [0.15, 0.2) is 29.2 Å². The van der Waals surface area contributed by atoms with Crippen molar-refractivity contribution in [1.29, 1.82) is 0 Å². The Morgan fingerprint density at radius 1 is 1.29 bits per heavy atom. The largest absolute Gasteiger partial charge is 0.375 e.